The maximum atomic E-state index is 12.8. The van der Waals surface area contributed by atoms with Gasteiger partial charge in [0.25, 0.3) is 5.91 Å². The van der Waals surface area contributed by atoms with Gasteiger partial charge >= 0.3 is 5.97 Å². The highest BCUT2D eigenvalue weighted by Gasteiger charge is 2.22. The van der Waals surface area contributed by atoms with Crippen LogP contribution in [0.4, 0.5) is 5.13 Å². The Labute approximate surface area is 231 Å². The molecule has 1 amide bonds. The molecule has 1 aliphatic rings. The van der Waals surface area contributed by atoms with E-state index < -0.39 is 11.9 Å². The molecular weight excluding hydrogens is 508 g/mol. The highest BCUT2D eigenvalue weighted by molar-refractivity contribution is 7.15. The monoisotopic (exact) mass is 534 g/mol. The molecule has 1 aliphatic heterocycles. The molecule has 3 aromatic carbocycles. The third-order valence-electron chi connectivity index (χ3n) is 6.33. The Morgan fingerprint density at radius 2 is 1.82 bits per heavy atom. The zero-order valence-electron chi connectivity index (χ0n) is 21.4. The van der Waals surface area contributed by atoms with Crippen LogP contribution in [-0.4, -0.2) is 28.3 Å². The summed E-state index contributed by atoms with van der Waals surface area (Å²) in [6.07, 6.45) is 2.37. The largest absolute Gasteiger partial charge is 0.423 e. The lowest BCUT2D eigenvalue weighted by Crippen LogP contribution is -2.29. The number of nitriles is 1. The molecule has 194 valence electrons. The highest BCUT2D eigenvalue weighted by Crippen LogP contribution is 2.29. The number of esters is 1. The number of hydrogen-bond acceptors (Lipinski definition) is 7. The van der Waals surface area contributed by atoms with E-state index in [1.54, 1.807) is 36.4 Å². The molecule has 4 aromatic rings. The minimum atomic E-state index is -0.514. The topological polar surface area (TPSA) is 95.3 Å². The lowest BCUT2D eigenvalue weighted by Gasteiger charge is -2.25. The second-order valence-corrected chi connectivity index (χ2v) is 10.4. The van der Waals surface area contributed by atoms with Crippen LogP contribution in [-0.2, 0) is 24.3 Å². The van der Waals surface area contributed by atoms with E-state index in [4.69, 9.17) is 4.74 Å². The fourth-order valence-electron chi connectivity index (χ4n) is 4.25. The maximum Gasteiger partial charge on any atom is 0.343 e. The number of hydrogen-bond donors (Lipinski definition) is 1. The van der Waals surface area contributed by atoms with Crippen molar-refractivity contribution < 1.29 is 14.3 Å². The van der Waals surface area contributed by atoms with Crippen LogP contribution in [0.3, 0.4) is 0 Å². The van der Waals surface area contributed by atoms with Crippen LogP contribution in [0.15, 0.2) is 84.4 Å². The standard InChI is InChI=1S/C31H26N4O3S/c1-21-7-11-24(12-8-21)30(37)38-26-13-9-22(10-14-26)17-25(18-32)29(36)34-31-33-27-20-35(16-15-28(27)39-31)19-23-5-3-2-4-6-23/h2-14,17H,15-16,19-20H2,1H3,(H,33,34,36). The van der Waals surface area contributed by atoms with Crippen molar-refractivity contribution in [2.24, 2.45) is 0 Å². The molecule has 0 bridgehead atoms. The van der Waals surface area contributed by atoms with Crippen LogP contribution >= 0.6 is 11.3 Å². The second kappa shape index (κ2) is 11.9. The number of aryl methyl sites for hydroxylation is 1. The van der Waals surface area contributed by atoms with Gasteiger partial charge < -0.3 is 4.74 Å². The number of nitrogens with zero attached hydrogens (tertiary/aromatic N) is 3. The van der Waals surface area contributed by atoms with Gasteiger partial charge in [0.1, 0.15) is 17.4 Å². The third-order valence-corrected chi connectivity index (χ3v) is 7.40. The zero-order chi connectivity index (χ0) is 27.2. The van der Waals surface area contributed by atoms with Gasteiger partial charge in [0.15, 0.2) is 5.13 Å². The number of nitrogens with one attached hydrogen (secondary N) is 1. The van der Waals surface area contributed by atoms with E-state index in [9.17, 15) is 14.9 Å². The number of rotatable bonds is 7. The van der Waals surface area contributed by atoms with E-state index in [-0.39, 0.29) is 5.57 Å². The van der Waals surface area contributed by atoms with Crippen molar-refractivity contribution in [2.75, 3.05) is 11.9 Å². The number of anilines is 1. The van der Waals surface area contributed by atoms with Crippen molar-refractivity contribution in [3.63, 3.8) is 0 Å². The number of benzene rings is 3. The average molecular weight is 535 g/mol. The molecule has 0 aliphatic carbocycles. The first-order chi connectivity index (χ1) is 19.0. The summed E-state index contributed by atoms with van der Waals surface area (Å²) in [6.45, 7) is 4.45. The average Bonchev–Trinajstić information content (AvgIpc) is 3.35. The summed E-state index contributed by atoms with van der Waals surface area (Å²) >= 11 is 1.46. The van der Waals surface area contributed by atoms with Gasteiger partial charge in [-0.25, -0.2) is 9.78 Å². The Hall–Kier alpha value is -4.58. The number of thiazole rings is 1. The first-order valence-electron chi connectivity index (χ1n) is 12.5. The number of ether oxygens (including phenoxy) is 1. The molecule has 0 saturated carbocycles. The van der Waals surface area contributed by atoms with E-state index >= 15 is 0 Å². The van der Waals surface area contributed by atoms with Crippen LogP contribution in [0, 0.1) is 18.3 Å². The smallest absolute Gasteiger partial charge is 0.343 e. The van der Waals surface area contributed by atoms with E-state index in [0.29, 0.717) is 22.0 Å². The molecule has 1 N–H and O–H groups in total. The highest BCUT2D eigenvalue weighted by atomic mass is 32.1. The third kappa shape index (κ3) is 6.65. The molecule has 7 nitrogen and oxygen atoms in total. The molecule has 0 atom stereocenters. The van der Waals surface area contributed by atoms with Gasteiger partial charge in [0.05, 0.1) is 11.3 Å². The van der Waals surface area contributed by atoms with Gasteiger partial charge in [-0.2, -0.15) is 5.26 Å². The first kappa shape index (κ1) is 26.0. The molecule has 0 fully saturated rings. The summed E-state index contributed by atoms with van der Waals surface area (Å²) in [6, 6.07) is 26.0. The van der Waals surface area contributed by atoms with Crippen LogP contribution < -0.4 is 10.1 Å². The van der Waals surface area contributed by atoms with Gasteiger partial charge in [-0.15, -0.1) is 11.3 Å². The van der Waals surface area contributed by atoms with Gasteiger partial charge in [-0.1, -0.05) is 60.2 Å². The van der Waals surface area contributed by atoms with Gasteiger partial charge in [0.2, 0.25) is 0 Å². The number of amides is 1. The fraction of sp³-hybridized carbons (Fsp3) is 0.161. The van der Waals surface area contributed by atoms with Crippen LogP contribution in [0.1, 0.15) is 37.6 Å². The number of fused-ring (bicyclic) bond motifs is 1. The molecule has 8 heteroatoms. The summed E-state index contributed by atoms with van der Waals surface area (Å²) in [4.78, 5) is 33.3. The van der Waals surface area contributed by atoms with E-state index in [1.807, 2.05) is 43.3 Å². The fourth-order valence-corrected chi connectivity index (χ4v) is 5.20. The molecule has 1 aromatic heterocycles. The normalized spacial score (nSPS) is 13.3. The van der Waals surface area contributed by atoms with Crippen molar-refractivity contribution >= 4 is 34.4 Å². The molecule has 0 unspecified atom stereocenters. The number of carbonyl (C=O) groups is 2. The van der Waals surface area contributed by atoms with Crippen molar-refractivity contribution in [3.05, 3.63) is 117 Å². The molecule has 2 heterocycles. The van der Waals surface area contributed by atoms with Crippen LogP contribution in [0.5, 0.6) is 5.75 Å². The van der Waals surface area contributed by atoms with Crippen LogP contribution in [0.25, 0.3) is 6.08 Å². The van der Waals surface area contributed by atoms with Gasteiger partial charge in [-0.3, -0.25) is 15.0 Å². The van der Waals surface area contributed by atoms with E-state index in [2.05, 4.69) is 27.3 Å². The van der Waals surface area contributed by atoms with Gasteiger partial charge in [0, 0.05) is 24.5 Å². The predicted molar refractivity (Wildman–Crippen MR) is 151 cm³/mol. The minimum Gasteiger partial charge on any atom is -0.423 e. The van der Waals surface area contributed by atoms with Gasteiger partial charge in [-0.05, 0) is 54.8 Å². The lowest BCUT2D eigenvalue weighted by atomic mass is 10.1. The predicted octanol–water partition coefficient (Wildman–Crippen LogP) is 5.77. The maximum absolute atomic E-state index is 12.8. The summed E-state index contributed by atoms with van der Waals surface area (Å²) < 4.78 is 5.42. The second-order valence-electron chi connectivity index (χ2n) is 9.28. The Morgan fingerprint density at radius 3 is 2.54 bits per heavy atom. The molecule has 0 saturated heterocycles. The molecule has 5 rings (SSSR count). The minimum absolute atomic E-state index is 0.0433. The van der Waals surface area contributed by atoms with E-state index in [0.717, 1.165) is 42.2 Å². The number of carbonyl (C=O) groups excluding carboxylic acids is 2. The Kier molecular flexibility index (Phi) is 7.92. The first-order valence-corrected chi connectivity index (χ1v) is 13.4. The lowest BCUT2D eigenvalue weighted by molar-refractivity contribution is -0.112. The van der Waals surface area contributed by atoms with Crippen molar-refractivity contribution in [1.82, 2.24) is 9.88 Å². The van der Waals surface area contributed by atoms with Crippen LogP contribution in [0.2, 0.25) is 0 Å². The molecule has 39 heavy (non-hydrogen) atoms. The summed E-state index contributed by atoms with van der Waals surface area (Å²) in [5.74, 6) is -0.598. The summed E-state index contributed by atoms with van der Waals surface area (Å²) in [7, 11) is 0. The molecule has 0 spiro atoms. The molecule has 0 radical (unpaired) electrons. The quantitative estimate of drug-likeness (QED) is 0.140. The van der Waals surface area contributed by atoms with Crippen molar-refractivity contribution in [3.8, 4) is 11.8 Å². The van der Waals surface area contributed by atoms with Crippen molar-refractivity contribution in [2.45, 2.75) is 26.4 Å². The Balaban J connectivity index is 1.20. The Bertz CT molecular complexity index is 1550. The van der Waals surface area contributed by atoms with E-state index in [1.165, 1.54) is 23.0 Å². The summed E-state index contributed by atoms with van der Waals surface area (Å²) in [5.41, 5.74) is 4.33. The molecular formula is C31H26N4O3S. The SMILES string of the molecule is Cc1ccc(C(=O)Oc2ccc(C=C(C#N)C(=O)Nc3nc4c(s3)CCN(Cc3ccccc3)C4)cc2)cc1. The van der Waals surface area contributed by atoms with Crippen molar-refractivity contribution in [1.29, 1.82) is 5.26 Å². The zero-order valence-corrected chi connectivity index (χ0v) is 22.2. The Morgan fingerprint density at radius 1 is 1.08 bits per heavy atom. The summed E-state index contributed by atoms with van der Waals surface area (Å²) in [5, 5.41) is 12.9. The number of aromatic nitrogens is 1.